The van der Waals surface area contributed by atoms with Crippen LogP contribution in [-0.2, 0) is 5.60 Å². The van der Waals surface area contributed by atoms with Crippen LogP contribution in [0.1, 0.15) is 12.1 Å². The van der Waals surface area contributed by atoms with E-state index >= 15 is 0 Å². The van der Waals surface area contributed by atoms with Crippen LogP contribution < -0.4 is 4.90 Å². The average Bonchev–Trinajstić information content (AvgIpc) is 3.17. The molecule has 6 heteroatoms. The summed E-state index contributed by atoms with van der Waals surface area (Å²) in [6.07, 6.45) is 4.04. The van der Waals surface area contributed by atoms with E-state index in [0.717, 1.165) is 23.1 Å². The van der Waals surface area contributed by atoms with Crippen molar-refractivity contribution < 1.29 is 5.11 Å². The van der Waals surface area contributed by atoms with E-state index in [1.54, 1.807) is 6.20 Å². The van der Waals surface area contributed by atoms with E-state index in [4.69, 9.17) is 0 Å². The number of β-amino-alcohol motifs (C(OH)–C–C–N with tert-alkyl or cyclic N) is 1. The van der Waals surface area contributed by atoms with Crippen LogP contribution in [0.25, 0.3) is 10.9 Å². The number of anilines is 1. The Kier molecular flexibility index (Phi) is 2.65. The summed E-state index contributed by atoms with van der Waals surface area (Å²) < 4.78 is 0. The smallest absolute Gasteiger partial charge is 0.129 e. The lowest BCUT2D eigenvalue weighted by Crippen LogP contribution is -2.31. The van der Waals surface area contributed by atoms with Gasteiger partial charge in [0.25, 0.3) is 0 Å². The van der Waals surface area contributed by atoms with E-state index < -0.39 is 5.60 Å². The van der Waals surface area contributed by atoms with Crippen molar-refractivity contribution in [3.05, 3.63) is 48.4 Å². The normalized spacial score (nSPS) is 22.0. The number of nitrogens with zero attached hydrogens (tertiary/aromatic N) is 4. The number of aromatic amines is 1. The molecule has 2 N–H and O–H groups in total. The molecule has 0 unspecified atom stereocenters. The lowest BCUT2D eigenvalue weighted by molar-refractivity contribution is 0.0560. The second kappa shape index (κ2) is 4.53. The fourth-order valence-corrected chi connectivity index (χ4v) is 2.99. The molecule has 0 bridgehead atoms. The third kappa shape index (κ3) is 1.95. The molecule has 0 spiro atoms. The number of nitrogens with one attached hydrogen (secondary N) is 1. The minimum Gasteiger partial charge on any atom is -0.381 e. The van der Waals surface area contributed by atoms with Gasteiger partial charge < -0.3 is 10.0 Å². The minimum atomic E-state index is -0.947. The summed E-state index contributed by atoms with van der Waals surface area (Å²) in [4.78, 5) is 6.56. The van der Waals surface area contributed by atoms with Gasteiger partial charge in [-0.1, -0.05) is 18.2 Å². The number of pyridine rings is 1. The van der Waals surface area contributed by atoms with Crippen molar-refractivity contribution in [3.8, 4) is 0 Å². The Morgan fingerprint density at radius 3 is 3.00 bits per heavy atom. The number of H-pyrrole nitrogens is 1. The van der Waals surface area contributed by atoms with Gasteiger partial charge in [-0.3, -0.25) is 4.98 Å². The van der Waals surface area contributed by atoms with Crippen LogP contribution in [-0.4, -0.2) is 38.6 Å². The van der Waals surface area contributed by atoms with E-state index in [9.17, 15) is 5.11 Å². The molecule has 0 aliphatic carbocycles. The molecule has 4 rings (SSSR count). The molecule has 3 heterocycles. The molecule has 1 aromatic carbocycles. The molecule has 6 nitrogen and oxygen atoms in total. The van der Waals surface area contributed by atoms with Crippen LogP contribution >= 0.6 is 0 Å². The van der Waals surface area contributed by atoms with Crippen molar-refractivity contribution >= 4 is 16.6 Å². The van der Waals surface area contributed by atoms with Gasteiger partial charge in [0.2, 0.25) is 0 Å². The summed E-state index contributed by atoms with van der Waals surface area (Å²) in [6, 6.07) is 10.0. The highest BCUT2D eigenvalue weighted by atomic mass is 16.3. The van der Waals surface area contributed by atoms with E-state index in [-0.39, 0.29) is 0 Å². The largest absolute Gasteiger partial charge is 0.381 e. The van der Waals surface area contributed by atoms with Gasteiger partial charge in [0.1, 0.15) is 11.3 Å². The molecule has 1 atom stereocenters. The number of rotatable bonds is 2. The summed E-state index contributed by atoms with van der Waals surface area (Å²) in [5.41, 5.74) is 1.72. The van der Waals surface area contributed by atoms with Crippen molar-refractivity contribution in [1.29, 1.82) is 0 Å². The van der Waals surface area contributed by atoms with Crippen molar-refractivity contribution in [3.63, 3.8) is 0 Å². The number of hydrogen-bond acceptors (Lipinski definition) is 5. The van der Waals surface area contributed by atoms with Crippen molar-refractivity contribution in [2.75, 3.05) is 18.0 Å². The lowest BCUT2D eigenvalue weighted by Gasteiger charge is -2.23. The molecule has 1 fully saturated rings. The van der Waals surface area contributed by atoms with Gasteiger partial charge in [-0.15, -0.1) is 0 Å². The Morgan fingerprint density at radius 2 is 2.14 bits per heavy atom. The zero-order valence-electron chi connectivity index (χ0n) is 11.4. The standard InChI is InChI=1S/C15H15N5O/c21-15(14-9-17-19-18-14)6-8-20(10-15)13-5-7-16-12-4-2-1-3-11(12)13/h1-5,7,9,21H,6,8,10H2,(H,17,18,19)/t15-/m0/s1. The molecule has 2 aromatic heterocycles. The van der Waals surface area contributed by atoms with E-state index in [2.05, 4.69) is 31.4 Å². The third-order valence-corrected chi connectivity index (χ3v) is 4.11. The molecule has 1 aliphatic heterocycles. The zero-order chi connectivity index (χ0) is 14.3. The number of benzene rings is 1. The second-order valence-corrected chi connectivity index (χ2v) is 5.41. The quantitative estimate of drug-likeness (QED) is 0.743. The molecule has 3 aromatic rings. The maximum absolute atomic E-state index is 10.8. The lowest BCUT2D eigenvalue weighted by atomic mass is 10.00. The summed E-state index contributed by atoms with van der Waals surface area (Å²) in [7, 11) is 0. The van der Waals surface area contributed by atoms with Gasteiger partial charge >= 0.3 is 0 Å². The van der Waals surface area contributed by atoms with Crippen LogP contribution in [0, 0.1) is 0 Å². The Bertz CT molecular complexity index is 767. The van der Waals surface area contributed by atoms with Crippen LogP contribution in [0.4, 0.5) is 5.69 Å². The predicted molar refractivity (Wildman–Crippen MR) is 78.9 cm³/mol. The van der Waals surface area contributed by atoms with Crippen LogP contribution in [0.3, 0.4) is 0 Å². The van der Waals surface area contributed by atoms with Gasteiger partial charge in [-0.25, -0.2) is 0 Å². The summed E-state index contributed by atoms with van der Waals surface area (Å²) in [5.74, 6) is 0. The topological polar surface area (TPSA) is 77.9 Å². The molecular weight excluding hydrogens is 266 g/mol. The van der Waals surface area contributed by atoms with Gasteiger partial charge in [-0.2, -0.15) is 15.4 Å². The molecule has 1 saturated heterocycles. The zero-order valence-corrected chi connectivity index (χ0v) is 11.4. The van der Waals surface area contributed by atoms with E-state index in [1.165, 1.54) is 0 Å². The van der Waals surface area contributed by atoms with Gasteiger partial charge in [0, 0.05) is 30.2 Å². The second-order valence-electron chi connectivity index (χ2n) is 5.41. The molecular formula is C15H15N5O. The molecule has 21 heavy (non-hydrogen) atoms. The number of aliphatic hydroxyl groups is 1. The number of para-hydroxylation sites is 1. The monoisotopic (exact) mass is 281 g/mol. The number of hydrogen-bond donors (Lipinski definition) is 2. The van der Waals surface area contributed by atoms with Gasteiger partial charge in [0.05, 0.1) is 18.3 Å². The maximum Gasteiger partial charge on any atom is 0.129 e. The molecule has 0 amide bonds. The van der Waals surface area contributed by atoms with Crippen LogP contribution in [0.2, 0.25) is 0 Å². The minimum absolute atomic E-state index is 0.507. The molecule has 0 radical (unpaired) electrons. The Balaban J connectivity index is 1.72. The first kappa shape index (κ1) is 12.3. The molecule has 1 aliphatic rings. The SMILES string of the molecule is O[C@@]1(c2cn[nH]n2)CCN(c2ccnc3ccccc23)C1. The Labute approximate surface area is 121 Å². The maximum atomic E-state index is 10.8. The highest BCUT2D eigenvalue weighted by molar-refractivity contribution is 5.91. The van der Waals surface area contributed by atoms with Gasteiger partial charge in [-0.05, 0) is 12.1 Å². The number of fused-ring (bicyclic) bond motifs is 1. The first-order valence-corrected chi connectivity index (χ1v) is 6.94. The Hall–Kier alpha value is -2.47. The Morgan fingerprint density at radius 1 is 1.24 bits per heavy atom. The highest BCUT2D eigenvalue weighted by Crippen LogP contribution is 2.35. The first-order chi connectivity index (χ1) is 10.3. The van der Waals surface area contributed by atoms with E-state index in [1.807, 2.05) is 30.5 Å². The third-order valence-electron chi connectivity index (χ3n) is 4.11. The predicted octanol–water partition coefficient (Wildman–Crippen LogP) is 1.45. The number of aromatic nitrogens is 4. The average molecular weight is 281 g/mol. The molecule has 0 saturated carbocycles. The summed E-state index contributed by atoms with van der Waals surface area (Å²) in [6.45, 7) is 1.28. The summed E-state index contributed by atoms with van der Waals surface area (Å²) in [5, 5.41) is 22.3. The van der Waals surface area contributed by atoms with Crippen molar-refractivity contribution in [2.24, 2.45) is 0 Å². The van der Waals surface area contributed by atoms with Crippen LogP contribution in [0.15, 0.2) is 42.7 Å². The first-order valence-electron chi connectivity index (χ1n) is 6.94. The highest BCUT2D eigenvalue weighted by Gasteiger charge is 2.40. The van der Waals surface area contributed by atoms with Crippen molar-refractivity contribution in [1.82, 2.24) is 20.4 Å². The molecule has 106 valence electrons. The fraction of sp³-hybridized carbons (Fsp3) is 0.267. The fourth-order valence-electron chi connectivity index (χ4n) is 2.99. The van der Waals surface area contributed by atoms with Crippen molar-refractivity contribution in [2.45, 2.75) is 12.0 Å². The van der Waals surface area contributed by atoms with E-state index in [0.29, 0.717) is 18.7 Å². The van der Waals surface area contributed by atoms with Gasteiger partial charge in [0.15, 0.2) is 0 Å². The van der Waals surface area contributed by atoms with Crippen LogP contribution in [0.5, 0.6) is 0 Å². The summed E-state index contributed by atoms with van der Waals surface area (Å²) >= 11 is 0.